The van der Waals surface area contributed by atoms with Crippen LogP contribution in [0.25, 0.3) is 0 Å². The van der Waals surface area contributed by atoms with Crippen molar-refractivity contribution in [3.63, 3.8) is 0 Å². The van der Waals surface area contributed by atoms with Crippen molar-refractivity contribution in [3.05, 3.63) is 89.0 Å². The highest BCUT2D eigenvalue weighted by molar-refractivity contribution is 5.95. The van der Waals surface area contributed by atoms with E-state index in [-0.39, 0.29) is 17.7 Å². The maximum absolute atomic E-state index is 14.0. The summed E-state index contributed by atoms with van der Waals surface area (Å²) in [6.45, 7) is 1.98. The van der Waals surface area contributed by atoms with E-state index in [9.17, 15) is 9.59 Å². The number of hydrogen-bond acceptors (Lipinski definition) is 5. The summed E-state index contributed by atoms with van der Waals surface area (Å²) < 4.78 is 16.5. The fourth-order valence-electron chi connectivity index (χ4n) is 5.52. The molecule has 3 aromatic carbocycles. The third-order valence-electron chi connectivity index (χ3n) is 7.52. The van der Waals surface area contributed by atoms with Gasteiger partial charge in [0.15, 0.2) is 0 Å². The maximum Gasteiger partial charge on any atom is 0.254 e. The first kappa shape index (κ1) is 24.7. The minimum Gasteiger partial charge on any atom is -0.497 e. The monoisotopic (exact) mass is 500 g/mol. The lowest BCUT2D eigenvalue weighted by Gasteiger charge is -2.32. The van der Waals surface area contributed by atoms with Crippen molar-refractivity contribution in [1.82, 2.24) is 9.80 Å². The van der Waals surface area contributed by atoms with Crippen LogP contribution in [0.2, 0.25) is 0 Å². The van der Waals surface area contributed by atoms with Crippen molar-refractivity contribution in [2.75, 3.05) is 41.0 Å². The summed E-state index contributed by atoms with van der Waals surface area (Å²) in [5, 5.41) is 0. The summed E-state index contributed by atoms with van der Waals surface area (Å²) >= 11 is 0. The van der Waals surface area contributed by atoms with Crippen LogP contribution in [0.4, 0.5) is 0 Å². The molecule has 1 saturated heterocycles. The molecular weight excluding hydrogens is 468 g/mol. The molecule has 0 N–H and O–H groups in total. The lowest BCUT2D eigenvalue weighted by atomic mass is 9.86. The Morgan fingerprint density at radius 3 is 2.30 bits per heavy atom. The molecule has 2 amide bonds. The van der Waals surface area contributed by atoms with Gasteiger partial charge in [-0.1, -0.05) is 30.3 Å². The van der Waals surface area contributed by atoms with E-state index in [0.717, 1.165) is 12.0 Å². The highest BCUT2D eigenvalue weighted by atomic mass is 16.5. The Balaban J connectivity index is 1.48. The minimum atomic E-state index is -0.402. The summed E-state index contributed by atoms with van der Waals surface area (Å²) in [4.78, 5) is 31.3. The third kappa shape index (κ3) is 4.86. The van der Waals surface area contributed by atoms with Crippen LogP contribution in [-0.4, -0.2) is 62.6 Å². The fraction of sp³-hybridized carbons (Fsp3) is 0.333. The third-order valence-corrected chi connectivity index (χ3v) is 7.52. The van der Waals surface area contributed by atoms with Crippen molar-refractivity contribution in [2.24, 2.45) is 5.92 Å². The van der Waals surface area contributed by atoms with E-state index < -0.39 is 5.92 Å². The molecule has 37 heavy (non-hydrogen) atoms. The van der Waals surface area contributed by atoms with Crippen LogP contribution in [0.1, 0.15) is 33.0 Å². The molecule has 1 fully saturated rings. The average Bonchev–Trinajstić information content (AvgIpc) is 3.41. The summed E-state index contributed by atoms with van der Waals surface area (Å²) in [6.07, 6.45) is 0.828. The van der Waals surface area contributed by atoms with Crippen LogP contribution in [-0.2, 0) is 17.8 Å². The smallest absolute Gasteiger partial charge is 0.254 e. The van der Waals surface area contributed by atoms with Gasteiger partial charge < -0.3 is 24.0 Å². The Hall–Kier alpha value is -4.00. The van der Waals surface area contributed by atoms with Gasteiger partial charge in [-0.25, -0.2) is 0 Å². The summed E-state index contributed by atoms with van der Waals surface area (Å²) in [6, 6.07) is 21.0. The Bertz CT molecular complexity index is 1310. The van der Waals surface area contributed by atoms with Gasteiger partial charge in [0.1, 0.15) is 17.2 Å². The van der Waals surface area contributed by atoms with E-state index in [1.165, 1.54) is 11.1 Å². The maximum atomic E-state index is 14.0. The second-order valence-corrected chi connectivity index (χ2v) is 9.54. The molecule has 2 aliphatic heterocycles. The van der Waals surface area contributed by atoms with Crippen molar-refractivity contribution in [2.45, 2.75) is 18.9 Å². The Morgan fingerprint density at radius 2 is 1.54 bits per heavy atom. The van der Waals surface area contributed by atoms with Crippen LogP contribution in [0.15, 0.2) is 66.7 Å². The lowest BCUT2D eigenvalue weighted by Crippen LogP contribution is -2.42. The zero-order valence-corrected chi connectivity index (χ0v) is 21.5. The molecule has 2 atom stereocenters. The summed E-state index contributed by atoms with van der Waals surface area (Å²) in [7, 11) is 4.82. The molecule has 7 nitrogen and oxygen atoms in total. The van der Waals surface area contributed by atoms with E-state index in [1.54, 1.807) is 44.4 Å². The Labute approximate surface area is 217 Å². The SMILES string of the molecule is COc1cccc(C(=O)N2CC(C(=O)N3CCc4ccccc4C3)C(c3cc(OC)ccc3OC)C2)c1. The minimum absolute atomic E-state index is 0.0605. The fourth-order valence-corrected chi connectivity index (χ4v) is 5.52. The number of amides is 2. The zero-order valence-electron chi connectivity index (χ0n) is 21.5. The van der Waals surface area contributed by atoms with E-state index in [1.807, 2.05) is 41.3 Å². The molecule has 0 saturated carbocycles. The number of benzene rings is 3. The van der Waals surface area contributed by atoms with Gasteiger partial charge in [0.05, 0.1) is 27.2 Å². The lowest BCUT2D eigenvalue weighted by molar-refractivity contribution is -0.136. The van der Waals surface area contributed by atoms with Gasteiger partial charge >= 0.3 is 0 Å². The Morgan fingerprint density at radius 1 is 0.784 bits per heavy atom. The predicted molar refractivity (Wildman–Crippen MR) is 140 cm³/mol. The number of nitrogens with zero attached hydrogens (tertiary/aromatic N) is 2. The molecule has 2 heterocycles. The quantitative estimate of drug-likeness (QED) is 0.509. The van der Waals surface area contributed by atoms with Crippen molar-refractivity contribution < 1.29 is 23.8 Å². The zero-order chi connectivity index (χ0) is 25.9. The van der Waals surface area contributed by atoms with Crippen molar-refractivity contribution in [3.8, 4) is 17.2 Å². The average molecular weight is 501 g/mol. The van der Waals surface area contributed by atoms with Gasteiger partial charge in [-0.05, 0) is 53.9 Å². The number of rotatable bonds is 6. The van der Waals surface area contributed by atoms with Crippen LogP contribution >= 0.6 is 0 Å². The van der Waals surface area contributed by atoms with E-state index >= 15 is 0 Å². The van der Waals surface area contributed by atoms with Crippen LogP contribution < -0.4 is 14.2 Å². The Kier molecular flexibility index (Phi) is 7.04. The predicted octanol–water partition coefficient (Wildman–Crippen LogP) is 4.15. The molecule has 0 aromatic heterocycles. The summed E-state index contributed by atoms with van der Waals surface area (Å²) in [5.41, 5.74) is 3.88. The number of hydrogen-bond donors (Lipinski definition) is 0. The first-order chi connectivity index (χ1) is 18.0. The first-order valence-electron chi connectivity index (χ1n) is 12.5. The standard InChI is InChI=1S/C30H32N2O5/c1-35-23-10-6-9-21(15-23)29(33)32-18-26(25-16-24(36-2)11-12-28(25)37-3)27(19-32)30(34)31-14-13-20-7-4-5-8-22(20)17-31/h4-12,15-16,26-27H,13-14,17-19H2,1-3H3. The molecule has 7 heteroatoms. The first-order valence-corrected chi connectivity index (χ1v) is 12.5. The number of likely N-dealkylation sites (tertiary alicyclic amines) is 1. The van der Waals surface area contributed by atoms with Gasteiger partial charge in [-0.15, -0.1) is 0 Å². The molecule has 5 rings (SSSR count). The number of carbonyl (C=O) groups is 2. The van der Waals surface area contributed by atoms with E-state index in [0.29, 0.717) is 49.0 Å². The normalized spacial score (nSPS) is 18.8. The van der Waals surface area contributed by atoms with Gasteiger partial charge in [0, 0.05) is 43.2 Å². The molecule has 192 valence electrons. The van der Waals surface area contributed by atoms with Gasteiger partial charge in [-0.3, -0.25) is 9.59 Å². The van der Waals surface area contributed by atoms with Gasteiger partial charge in [0.2, 0.25) is 5.91 Å². The number of carbonyl (C=O) groups excluding carboxylic acids is 2. The van der Waals surface area contributed by atoms with Crippen LogP contribution in [0.3, 0.4) is 0 Å². The largest absolute Gasteiger partial charge is 0.497 e. The molecule has 0 spiro atoms. The second-order valence-electron chi connectivity index (χ2n) is 9.54. The van der Waals surface area contributed by atoms with Crippen LogP contribution in [0, 0.1) is 5.92 Å². The number of ether oxygens (including phenoxy) is 3. The van der Waals surface area contributed by atoms with Gasteiger partial charge in [-0.2, -0.15) is 0 Å². The molecule has 3 aromatic rings. The molecule has 0 bridgehead atoms. The topological polar surface area (TPSA) is 68.3 Å². The van der Waals surface area contributed by atoms with E-state index in [2.05, 4.69) is 12.1 Å². The highest BCUT2D eigenvalue weighted by Gasteiger charge is 2.44. The van der Waals surface area contributed by atoms with Crippen molar-refractivity contribution >= 4 is 11.8 Å². The van der Waals surface area contributed by atoms with E-state index in [4.69, 9.17) is 14.2 Å². The molecule has 2 aliphatic rings. The van der Waals surface area contributed by atoms with Crippen molar-refractivity contribution in [1.29, 1.82) is 0 Å². The number of methoxy groups -OCH3 is 3. The summed E-state index contributed by atoms with van der Waals surface area (Å²) in [5.74, 6) is 1.30. The molecular formula is C30H32N2O5. The van der Waals surface area contributed by atoms with Gasteiger partial charge in [0.25, 0.3) is 5.91 Å². The molecule has 0 aliphatic carbocycles. The van der Waals surface area contributed by atoms with Crippen LogP contribution in [0.5, 0.6) is 17.2 Å². The highest BCUT2D eigenvalue weighted by Crippen LogP contribution is 2.41. The molecule has 0 radical (unpaired) electrons. The number of fused-ring (bicyclic) bond motifs is 1. The molecule has 2 unspecified atom stereocenters. The second kappa shape index (κ2) is 10.5.